The average molecular weight is 124 g/mol. The third kappa shape index (κ3) is 0.661. The highest BCUT2D eigenvalue weighted by Crippen LogP contribution is 2.32. The van der Waals surface area contributed by atoms with Crippen molar-refractivity contribution in [1.82, 2.24) is 0 Å². The van der Waals surface area contributed by atoms with Gasteiger partial charge in [-0.25, -0.2) is 0 Å². The van der Waals surface area contributed by atoms with E-state index in [1.54, 1.807) is 6.08 Å². The summed E-state index contributed by atoms with van der Waals surface area (Å²) < 4.78 is 5.19. The SMILES string of the molecule is O=C1C=C2OCCC2C1. The maximum Gasteiger partial charge on any atom is 0.159 e. The minimum absolute atomic E-state index is 0.231. The van der Waals surface area contributed by atoms with Crippen molar-refractivity contribution in [2.75, 3.05) is 6.61 Å². The molecule has 9 heavy (non-hydrogen) atoms. The molecule has 1 unspecified atom stereocenters. The first kappa shape index (κ1) is 5.03. The van der Waals surface area contributed by atoms with Crippen molar-refractivity contribution in [2.24, 2.45) is 5.92 Å². The van der Waals surface area contributed by atoms with Gasteiger partial charge in [0.05, 0.1) is 6.61 Å². The lowest BCUT2D eigenvalue weighted by molar-refractivity contribution is -0.114. The smallest absolute Gasteiger partial charge is 0.159 e. The summed E-state index contributed by atoms with van der Waals surface area (Å²) in [7, 11) is 0. The van der Waals surface area contributed by atoms with Gasteiger partial charge in [0, 0.05) is 18.4 Å². The molecule has 0 aromatic rings. The number of allylic oxidation sites excluding steroid dienone is 2. The van der Waals surface area contributed by atoms with Crippen molar-refractivity contribution in [1.29, 1.82) is 0 Å². The van der Waals surface area contributed by atoms with E-state index < -0.39 is 0 Å². The Labute approximate surface area is 53.5 Å². The molecule has 0 spiro atoms. The Morgan fingerprint density at radius 3 is 3.33 bits per heavy atom. The second kappa shape index (κ2) is 1.59. The summed E-state index contributed by atoms with van der Waals surface area (Å²) in [4.78, 5) is 10.7. The number of hydrogen-bond donors (Lipinski definition) is 0. The average Bonchev–Trinajstić information content (AvgIpc) is 2.22. The van der Waals surface area contributed by atoms with Crippen molar-refractivity contribution in [3.63, 3.8) is 0 Å². The Balaban J connectivity index is 2.27. The Morgan fingerprint density at radius 1 is 1.67 bits per heavy atom. The molecular formula is C7H8O2. The third-order valence-electron chi connectivity index (χ3n) is 1.89. The first-order chi connectivity index (χ1) is 4.36. The summed E-state index contributed by atoms with van der Waals surface area (Å²) in [5.74, 6) is 1.60. The molecule has 2 rings (SSSR count). The van der Waals surface area contributed by atoms with Crippen molar-refractivity contribution in [3.05, 3.63) is 11.8 Å². The molecule has 0 radical (unpaired) electrons. The number of ether oxygens (including phenoxy) is 1. The van der Waals surface area contributed by atoms with Gasteiger partial charge in [-0.05, 0) is 6.42 Å². The van der Waals surface area contributed by atoms with Gasteiger partial charge in [-0.2, -0.15) is 0 Å². The van der Waals surface area contributed by atoms with Gasteiger partial charge < -0.3 is 4.74 Å². The third-order valence-corrected chi connectivity index (χ3v) is 1.89. The van der Waals surface area contributed by atoms with E-state index in [0.29, 0.717) is 12.3 Å². The Bertz CT molecular complexity index is 181. The van der Waals surface area contributed by atoms with E-state index in [4.69, 9.17) is 4.74 Å². The number of hydrogen-bond acceptors (Lipinski definition) is 2. The highest BCUT2D eigenvalue weighted by molar-refractivity contribution is 5.93. The minimum atomic E-state index is 0.231. The van der Waals surface area contributed by atoms with Crippen LogP contribution >= 0.6 is 0 Å². The number of carbonyl (C=O) groups is 1. The standard InChI is InChI=1S/C7H8O2/c8-6-3-5-1-2-9-7(5)4-6/h4-5H,1-3H2. The predicted octanol–water partition coefficient (Wildman–Crippen LogP) is 0.880. The van der Waals surface area contributed by atoms with Crippen LogP contribution in [0.3, 0.4) is 0 Å². The summed E-state index contributed by atoms with van der Waals surface area (Å²) in [5, 5.41) is 0. The quantitative estimate of drug-likeness (QED) is 0.479. The topological polar surface area (TPSA) is 26.3 Å². The summed E-state index contributed by atoms with van der Waals surface area (Å²) in [6.07, 6.45) is 3.37. The predicted molar refractivity (Wildman–Crippen MR) is 31.8 cm³/mol. The van der Waals surface area contributed by atoms with Gasteiger partial charge in [-0.3, -0.25) is 4.79 Å². The van der Waals surface area contributed by atoms with Crippen molar-refractivity contribution in [3.8, 4) is 0 Å². The number of ketones is 1. The van der Waals surface area contributed by atoms with Gasteiger partial charge in [-0.1, -0.05) is 0 Å². The Morgan fingerprint density at radius 2 is 2.56 bits per heavy atom. The molecule has 0 bridgehead atoms. The van der Waals surface area contributed by atoms with Crippen molar-refractivity contribution >= 4 is 5.78 Å². The fourth-order valence-corrected chi connectivity index (χ4v) is 1.40. The second-order valence-electron chi connectivity index (χ2n) is 2.55. The van der Waals surface area contributed by atoms with Crippen LogP contribution in [0.4, 0.5) is 0 Å². The van der Waals surface area contributed by atoms with E-state index in [0.717, 1.165) is 18.8 Å². The van der Waals surface area contributed by atoms with Crippen LogP contribution in [-0.4, -0.2) is 12.4 Å². The lowest BCUT2D eigenvalue weighted by Crippen LogP contribution is -1.93. The molecule has 2 aliphatic rings. The van der Waals surface area contributed by atoms with Crippen LogP contribution in [-0.2, 0) is 9.53 Å². The molecule has 1 heterocycles. The molecule has 0 aromatic carbocycles. The number of carbonyl (C=O) groups excluding carboxylic acids is 1. The molecule has 1 aliphatic heterocycles. The molecule has 2 nitrogen and oxygen atoms in total. The number of rotatable bonds is 0. The summed E-state index contributed by atoms with van der Waals surface area (Å²) in [6.45, 7) is 0.809. The summed E-state index contributed by atoms with van der Waals surface area (Å²) in [5.41, 5.74) is 0. The summed E-state index contributed by atoms with van der Waals surface area (Å²) in [6, 6.07) is 0. The van der Waals surface area contributed by atoms with E-state index >= 15 is 0 Å². The normalized spacial score (nSPS) is 31.8. The van der Waals surface area contributed by atoms with E-state index in [1.807, 2.05) is 0 Å². The van der Waals surface area contributed by atoms with Crippen LogP contribution in [0.5, 0.6) is 0 Å². The molecule has 1 aliphatic carbocycles. The van der Waals surface area contributed by atoms with Crippen LogP contribution in [0.2, 0.25) is 0 Å². The van der Waals surface area contributed by atoms with Crippen molar-refractivity contribution in [2.45, 2.75) is 12.8 Å². The van der Waals surface area contributed by atoms with Gasteiger partial charge in [0.2, 0.25) is 0 Å². The molecule has 0 amide bonds. The molecule has 2 heteroatoms. The highest BCUT2D eigenvalue weighted by atomic mass is 16.5. The lowest BCUT2D eigenvalue weighted by atomic mass is 10.1. The van der Waals surface area contributed by atoms with Crippen LogP contribution in [0.1, 0.15) is 12.8 Å². The molecule has 48 valence electrons. The fraction of sp³-hybridized carbons (Fsp3) is 0.571. The summed E-state index contributed by atoms with van der Waals surface area (Å²) >= 11 is 0. The van der Waals surface area contributed by atoms with Crippen LogP contribution < -0.4 is 0 Å². The molecular weight excluding hydrogens is 116 g/mol. The first-order valence-corrected chi connectivity index (χ1v) is 3.23. The molecule has 0 N–H and O–H groups in total. The molecule has 1 atom stereocenters. The van der Waals surface area contributed by atoms with E-state index in [9.17, 15) is 4.79 Å². The van der Waals surface area contributed by atoms with E-state index in [2.05, 4.69) is 0 Å². The second-order valence-corrected chi connectivity index (χ2v) is 2.55. The zero-order valence-corrected chi connectivity index (χ0v) is 5.09. The number of fused-ring (bicyclic) bond motifs is 1. The van der Waals surface area contributed by atoms with Crippen molar-refractivity contribution < 1.29 is 9.53 Å². The molecule has 1 fully saturated rings. The van der Waals surface area contributed by atoms with Crippen LogP contribution in [0.15, 0.2) is 11.8 Å². The molecule has 0 saturated carbocycles. The van der Waals surface area contributed by atoms with Gasteiger partial charge in [-0.15, -0.1) is 0 Å². The van der Waals surface area contributed by atoms with Gasteiger partial charge >= 0.3 is 0 Å². The fourth-order valence-electron chi connectivity index (χ4n) is 1.40. The Kier molecular flexibility index (Phi) is 0.891. The zero-order valence-electron chi connectivity index (χ0n) is 5.09. The highest BCUT2D eigenvalue weighted by Gasteiger charge is 2.30. The molecule has 0 aromatic heterocycles. The zero-order chi connectivity index (χ0) is 6.27. The van der Waals surface area contributed by atoms with Gasteiger partial charge in [0.1, 0.15) is 5.76 Å². The largest absolute Gasteiger partial charge is 0.497 e. The van der Waals surface area contributed by atoms with Gasteiger partial charge in [0.25, 0.3) is 0 Å². The van der Waals surface area contributed by atoms with E-state index in [-0.39, 0.29) is 5.78 Å². The maximum absolute atomic E-state index is 10.7. The van der Waals surface area contributed by atoms with E-state index in [1.165, 1.54) is 0 Å². The Hall–Kier alpha value is -0.790. The monoisotopic (exact) mass is 124 g/mol. The van der Waals surface area contributed by atoms with Crippen LogP contribution in [0.25, 0.3) is 0 Å². The maximum atomic E-state index is 10.7. The first-order valence-electron chi connectivity index (χ1n) is 3.23. The lowest BCUT2D eigenvalue weighted by Gasteiger charge is -1.95. The van der Waals surface area contributed by atoms with Gasteiger partial charge in [0.15, 0.2) is 5.78 Å². The molecule has 1 saturated heterocycles. The minimum Gasteiger partial charge on any atom is -0.497 e. The van der Waals surface area contributed by atoms with Crippen LogP contribution in [0, 0.1) is 5.92 Å².